The standard InChI is InChI=1S/C26H40N8O5/c1-4-14(2)21(34-22(35)15(3)32-23(36)18(27)9-7-11-30-26(28)29)24(37)33-20(25(38)39)12-16-13-31-19-10-6-5-8-17(16)19/h5-6,8,10,13-15,18,20-21,31H,4,7,9,11-12,27H2,1-3H3,(H,32,36)(H,33,37)(H,34,35)(H,38,39)(H4,28,29,30). The van der Waals surface area contributed by atoms with Gasteiger partial charge in [-0.3, -0.25) is 19.4 Å². The van der Waals surface area contributed by atoms with Gasteiger partial charge in [-0.15, -0.1) is 0 Å². The molecule has 0 aliphatic rings. The summed E-state index contributed by atoms with van der Waals surface area (Å²) in [5, 5.41) is 18.4. The van der Waals surface area contributed by atoms with Gasteiger partial charge >= 0.3 is 5.97 Å². The molecule has 0 spiro atoms. The van der Waals surface area contributed by atoms with Crippen LogP contribution in [0.4, 0.5) is 0 Å². The van der Waals surface area contributed by atoms with Gasteiger partial charge in [0.25, 0.3) is 0 Å². The van der Waals surface area contributed by atoms with Crippen LogP contribution in [0, 0.1) is 5.92 Å². The fraction of sp³-hybridized carbons (Fsp3) is 0.500. The maximum Gasteiger partial charge on any atom is 0.326 e. The number of para-hydroxylation sites is 1. The molecule has 2 rings (SSSR count). The average molecular weight is 545 g/mol. The topological polar surface area (TPSA) is 231 Å². The van der Waals surface area contributed by atoms with Crippen molar-refractivity contribution in [1.29, 1.82) is 0 Å². The van der Waals surface area contributed by atoms with Gasteiger partial charge in [0, 0.05) is 30.1 Å². The number of rotatable bonds is 15. The number of nitrogens with zero attached hydrogens (tertiary/aromatic N) is 1. The molecule has 0 aliphatic heterocycles. The zero-order chi connectivity index (χ0) is 29.1. The van der Waals surface area contributed by atoms with Crippen LogP contribution in [0.15, 0.2) is 35.5 Å². The van der Waals surface area contributed by atoms with Gasteiger partial charge in [0.05, 0.1) is 6.04 Å². The van der Waals surface area contributed by atoms with E-state index in [1.165, 1.54) is 6.92 Å². The van der Waals surface area contributed by atoms with Crippen molar-refractivity contribution in [3.63, 3.8) is 0 Å². The fourth-order valence-electron chi connectivity index (χ4n) is 4.00. The molecule has 39 heavy (non-hydrogen) atoms. The highest BCUT2D eigenvalue weighted by molar-refractivity contribution is 5.94. The van der Waals surface area contributed by atoms with Crippen molar-refractivity contribution in [2.75, 3.05) is 6.54 Å². The van der Waals surface area contributed by atoms with E-state index < -0.39 is 47.9 Å². The largest absolute Gasteiger partial charge is 0.480 e. The molecule has 5 atom stereocenters. The first-order valence-electron chi connectivity index (χ1n) is 12.9. The van der Waals surface area contributed by atoms with Gasteiger partial charge in [-0.1, -0.05) is 38.5 Å². The molecule has 0 saturated carbocycles. The monoisotopic (exact) mass is 544 g/mol. The van der Waals surface area contributed by atoms with E-state index >= 15 is 0 Å². The number of H-pyrrole nitrogens is 1. The van der Waals surface area contributed by atoms with E-state index in [0.717, 1.165) is 16.5 Å². The van der Waals surface area contributed by atoms with Gasteiger partial charge in [0.1, 0.15) is 18.1 Å². The van der Waals surface area contributed by atoms with Crippen LogP contribution in [0.2, 0.25) is 0 Å². The van der Waals surface area contributed by atoms with Gasteiger partial charge in [-0.05, 0) is 37.3 Å². The molecule has 13 nitrogen and oxygen atoms in total. The Hall–Kier alpha value is -4.13. The summed E-state index contributed by atoms with van der Waals surface area (Å²) in [7, 11) is 0. The number of amides is 3. The number of aliphatic imine (C=N–C) groups is 1. The normalized spacial score (nSPS) is 14.9. The zero-order valence-corrected chi connectivity index (χ0v) is 22.6. The van der Waals surface area contributed by atoms with Crippen LogP contribution in [0.3, 0.4) is 0 Å². The van der Waals surface area contributed by atoms with Crippen LogP contribution in [-0.2, 0) is 25.6 Å². The van der Waals surface area contributed by atoms with E-state index in [-0.39, 0.29) is 18.3 Å². The number of carboxylic acid groups (broad SMARTS) is 1. The molecule has 0 fully saturated rings. The summed E-state index contributed by atoms with van der Waals surface area (Å²) in [6.07, 6.45) is 3.10. The third kappa shape index (κ3) is 9.28. The number of fused-ring (bicyclic) bond motifs is 1. The number of carboxylic acids is 1. The summed E-state index contributed by atoms with van der Waals surface area (Å²) < 4.78 is 0. The van der Waals surface area contributed by atoms with Gasteiger partial charge in [0.2, 0.25) is 17.7 Å². The Labute approximate surface area is 227 Å². The Morgan fingerprint density at radius 2 is 1.72 bits per heavy atom. The number of aromatic nitrogens is 1. The zero-order valence-electron chi connectivity index (χ0n) is 22.6. The first-order valence-corrected chi connectivity index (χ1v) is 12.9. The highest BCUT2D eigenvalue weighted by Crippen LogP contribution is 2.19. The Kier molecular flexibility index (Phi) is 11.7. The average Bonchev–Trinajstić information content (AvgIpc) is 3.30. The molecule has 214 valence electrons. The molecule has 11 N–H and O–H groups in total. The Bertz CT molecular complexity index is 1180. The molecule has 0 saturated heterocycles. The van der Waals surface area contributed by atoms with Gasteiger partial charge in [-0.25, -0.2) is 4.79 Å². The van der Waals surface area contributed by atoms with Crippen LogP contribution in [0.1, 0.15) is 45.6 Å². The predicted molar refractivity (Wildman–Crippen MR) is 148 cm³/mol. The van der Waals surface area contributed by atoms with E-state index in [1.54, 1.807) is 13.1 Å². The molecule has 1 aromatic carbocycles. The molecule has 0 radical (unpaired) electrons. The molecular weight excluding hydrogens is 504 g/mol. The smallest absolute Gasteiger partial charge is 0.326 e. The molecular formula is C26H40N8O5. The van der Waals surface area contributed by atoms with E-state index in [0.29, 0.717) is 25.8 Å². The van der Waals surface area contributed by atoms with Gasteiger partial charge in [-0.2, -0.15) is 0 Å². The molecule has 2 aromatic rings. The van der Waals surface area contributed by atoms with Crippen LogP contribution < -0.4 is 33.2 Å². The SMILES string of the molecule is CCC(C)C(NC(=O)C(C)NC(=O)C(N)CCCN=C(N)N)C(=O)NC(Cc1c[nH]c2ccccc12)C(=O)O. The lowest BCUT2D eigenvalue weighted by Crippen LogP contribution is -2.58. The molecule has 3 amide bonds. The summed E-state index contributed by atoms with van der Waals surface area (Å²) in [4.78, 5) is 57.4. The molecule has 13 heteroatoms. The lowest BCUT2D eigenvalue weighted by molar-refractivity contribution is -0.142. The predicted octanol–water partition coefficient (Wildman–Crippen LogP) is -0.304. The number of nitrogens with two attached hydrogens (primary N) is 3. The third-order valence-electron chi connectivity index (χ3n) is 6.56. The number of hydrogen-bond acceptors (Lipinski definition) is 6. The number of carbonyl (C=O) groups excluding carboxylic acids is 3. The summed E-state index contributed by atoms with van der Waals surface area (Å²) in [5.74, 6) is -3.31. The number of hydrogen-bond donors (Lipinski definition) is 8. The first-order chi connectivity index (χ1) is 18.4. The minimum atomic E-state index is -1.21. The molecule has 1 heterocycles. The molecule has 0 bridgehead atoms. The number of guanidine groups is 1. The summed E-state index contributed by atoms with van der Waals surface area (Å²) in [6.45, 7) is 5.42. The highest BCUT2D eigenvalue weighted by Gasteiger charge is 2.32. The van der Waals surface area contributed by atoms with E-state index in [1.807, 2.05) is 31.2 Å². The van der Waals surface area contributed by atoms with E-state index in [9.17, 15) is 24.3 Å². The van der Waals surface area contributed by atoms with Gasteiger partial charge < -0.3 is 43.2 Å². The Morgan fingerprint density at radius 3 is 2.36 bits per heavy atom. The number of benzene rings is 1. The molecule has 0 aliphatic carbocycles. The summed E-state index contributed by atoms with van der Waals surface area (Å²) in [6, 6.07) is 3.38. The van der Waals surface area contributed by atoms with Crippen LogP contribution >= 0.6 is 0 Å². The lowest BCUT2D eigenvalue weighted by atomic mass is 9.97. The lowest BCUT2D eigenvalue weighted by Gasteiger charge is -2.27. The second-order valence-electron chi connectivity index (χ2n) is 9.62. The molecule has 5 unspecified atom stereocenters. The fourth-order valence-corrected chi connectivity index (χ4v) is 4.00. The van der Waals surface area contributed by atoms with Crippen molar-refractivity contribution in [3.05, 3.63) is 36.0 Å². The van der Waals surface area contributed by atoms with Crippen molar-refractivity contribution in [2.45, 2.75) is 70.6 Å². The second kappa shape index (κ2) is 14.7. The van der Waals surface area contributed by atoms with E-state index in [4.69, 9.17) is 17.2 Å². The summed E-state index contributed by atoms with van der Waals surface area (Å²) >= 11 is 0. The van der Waals surface area contributed by atoms with Crippen molar-refractivity contribution in [2.24, 2.45) is 28.1 Å². The van der Waals surface area contributed by atoms with Crippen molar-refractivity contribution in [3.8, 4) is 0 Å². The van der Waals surface area contributed by atoms with E-state index in [2.05, 4.69) is 25.9 Å². The Balaban J connectivity index is 2.02. The molecule has 1 aromatic heterocycles. The second-order valence-corrected chi connectivity index (χ2v) is 9.62. The maximum atomic E-state index is 13.2. The third-order valence-corrected chi connectivity index (χ3v) is 6.56. The quantitative estimate of drug-likeness (QED) is 0.0840. The first kappa shape index (κ1) is 31.1. The highest BCUT2D eigenvalue weighted by atomic mass is 16.4. The number of carbonyl (C=O) groups is 4. The Morgan fingerprint density at radius 1 is 1.03 bits per heavy atom. The maximum absolute atomic E-state index is 13.2. The van der Waals surface area contributed by atoms with Crippen LogP contribution in [0.25, 0.3) is 10.9 Å². The summed E-state index contributed by atoms with van der Waals surface area (Å²) in [5.41, 5.74) is 18.0. The van der Waals surface area contributed by atoms with Crippen molar-refractivity contribution in [1.82, 2.24) is 20.9 Å². The minimum Gasteiger partial charge on any atom is -0.480 e. The van der Waals surface area contributed by atoms with Gasteiger partial charge in [0.15, 0.2) is 5.96 Å². The minimum absolute atomic E-state index is 0.0501. The van der Waals surface area contributed by atoms with Crippen molar-refractivity contribution < 1.29 is 24.3 Å². The number of aliphatic carboxylic acids is 1. The van der Waals surface area contributed by atoms with Crippen molar-refractivity contribution >= 4 is 40.6 Å². The van der Waals surface area contributed by atoms with Crippen LogP contribution in [0.5, 0.6) is 0 Å². The number of aromatic amines is 1. The number of nitrogens with one attached hydrogen (secondary N) is 4. The van der Waals surface area contributed by atoms with Crippen LogP contribution in [-0.4, -0.2) is 70.5 Å².